The lowest BCUT2D eigenvalue weighted by Gasteiger charge is -2.16. The average Bonchev–Trinajstić information content (AvgIpc) is 3.13. The minimum absolute atomic E-state index is 0.159. The summed E-state index contributed by atoms with van der Waals surface area (Å²) in [6, 6.07) is 21.2. The quantitative estimate of drug-likeness (QED) is 0.0474. The standard InChI is InChI=1S/C36H36N6O6/c1-4-13-46-31-19-22(7-10-28(31)34(43)40-37)25-16-26(23-8-11-29(35(44)41-38)32(20-23)47-14-5-2)18-27(17-25)24-9-12-30(36(45)42-39)33(21-24)48-15-6-3/h4-12,16-21H,1-3,13-15,37-39H2,(H,40,43)(H,41,44)(H,42,45). The molecule has 246 valence electrons. The zero-order valence-corrected chi connectivity index (χ0v) is 26.1. The second kappa shape index (κ2) is 16.4. The molecule has 0 saturated carbocycles. The van der Waals surface area contributed by atoms with Crippen LogP contribution < -0.4 is 48.0 Å². The second-order valence-corrected chi connectivity index (χ2v) is 10.2. The van der Waals surface area contributed by atoms with Crippen molar-refractivity contribution in [2.45, 2.75) is 0 Å². The molecular formula is C36H36N6O6. The van der Waals surface area contributed by atoms with E-state index >= 15 is 0 Å². The van der Waals surface area contributed by atoms with E-state index in [0.29, 0.717) is 17.2 Å². The number of carbonyl (C=O) groups excluding carboxylic acids is 3. The fourth-order valence-electron chi connectivity index (χ4n) is 4.83. The first-order valence-corrected chi connectivity index (χ1v) is 14.6. The number of benzene rings is 4. The van der Waals surface area contributed by atoms with Gasteiger partial charge in [-0.05, 0) is 88.0 Å². The lowest BCUT2D eigenvalue weighted by molar-refractivity contribution is 0.0942. The molecule has 0 aromatic heterocycles. The van der Waals surface area contributed by atoms with Crippen LogP contribution in [0.15, 0.2) is 111 Å². The molecule has 12 heteroatoms. The van der Waals surface area contributed by atoms with Gasteiger partial charge in [-0.15, -0.1) is 0 Å². The first kappa shape index (κ1) is 34.7. The van der Waals surface area contributed by atoms with Gasteiger partial charge in [-0.3, -0.25) is 30.7 Å². The van der Waals surface area contributed by atoms with Crippen LogP contribution in [0.25, 0.3) is 33.4 Å². The number of nitrogens with two attached hydrogens (primary N) is 3. The Morgan fingerprint density at radius 3 is 0.979 bits per heavy atom. The van der Waals surface area contributed by atoms with Crippen molar-refractivity contribution in [1.29, 1.82) is 0 Å². The molecule has 48 heavy (non-hydrogen) atoms. The van der Waals surface area contributed by atoms with Crippen molar-refractivity contribution in [2.75, 3.05) is 19.8 Å². The van der Waals surface area contributed by atoms with Gasteiger partial charge in [0.25, 0.3) is 17.7 Å². The Morgan fingerprint density at radius 1 is 0.479 bits per heavy atom. The Kier molecular flexibility index (Phi) is 11.8. The van der Waals surface area contributed by atoms with Crippen LogP contribution in [0.2, 0.25) is 0 Å². The van der Waals surface area contributed by atoms with Crippen LogP contribution in [0, 0.1) is 0 Å². The smallest absolute Gasteiger partial charge is 0.268 e. The lowest BCUT2D eigenvalue weighted by Crippen LogP contribution is -2.30. The average molecular weight is 649 g/mol. The van der Waals surface area contributed by atoms with Crippen LogP contribution in [-0.4, -0.2) is 37.5 Å². The molecule has 12 nitrogen and oxygen atoms in total. The van der Waals surface area contributed by atoms with E-state index in [4.69, 9.17) is 31.7 Å². The molecule has 9 N–H and O–H groups in total. The van der Waals surface area contributed by atoms with Crippen molar-refractivity contribution >= 4 is 17.7 Å². The molecule has 0 fully saturated rings. The highest BCUT2D eigenvalue weighted by molar-refractivity contribution is 5.99. The molecule has 0 bridgehead atoms. The van der Waals surface area contributed by atoms with Gasteiger partial charge in [-0.25, -0.2) is 17.5 Å². The fourth-order valence-corrected chi connectivity index (χ4v) is 4.83. The molecule has 0 spiro atoms. The second-order valence-electron chi connectivity index (χ2n) is 10.2. The summed E-state index contributed by atoms with van der Waals surface area (Å²) in [5, 5.41) is 0. The number of nitrogens with one attached hydrogen (secondary N) is 3. The van der Waals surface area contributed by atoms with Crippen molar-refractivity contribution in [2.24, 2.45) is 17.5 Å². The maximum absolute atomic E-state index is 12.5. The van der Waals surface area contributed by atoms with Crippen LogP contribution in [-0.2, 0) is 0 Å². The summed E-state index contributed by atoms with van der Waals surface area (Å²) in [6.45, 7) is 11.6. The van der Waals surface area contributed by atoms with E-state index in [1.165, 1.54) is 0 Å². The minimum atomic E-state index is -0.516. The van der Waals surface area contributed by atoms with E-state index in [-0.39, 0.29) is 36.5 Å². The number of amides is 3. The van der Waals surface area contributed by atoms with E-state index in [9.17, 15) is 14.4 Å². The first-order chi connectivity index (χ1) is 23.3. The SMILES string of the molecule is C=CCOc1cc(-c2cc(-c3ccc(C(=O)NN)c(OCC=C)c3)cc(-c3ccc(C(=O)NN)c(OCC=C)c3)c2)ccc1C(=O)NN. The number of hydrogen-bond donors (Lipinski definition) is 6. The van der Waals surface area contributed by atoms with Crippen molar-refractivity contribution in [1.82, 2.24) is 16.3 Å². The summed E-state index contributed by atoms with van der Waals surface area (Å²) in [5.41, 5.74) is 11.6. The third-order valence-electron chi connectivity index (χ3n) is 7.08. The fraction of sp³-hybridized carbons (Fsp3) is 0.0833. The molecule has 4 rings (SSSR count). The van der Waals surface area contributed by atoms with Crippen molar-refractivity contribution in [3.63, 3.8) is 0 Å². The molecule has 3 amide bonds. The van der Waals surface area contributed by atoms with E-state index < -0.39 is 17.7 Å². The summed E-state index contributed by atoms with van der Waals surface area (Å²) >= 11 is 0. The van der Waals surface area contributed by atoms with E-state index in [1.807, 2.05) is 18.2 Å². The topological polar surface area (TPSA) is 193 Å². The molecule has 4 aromatic carbocycles. The van der Waals surface area contributed by atoms with Gasteiger partial charge >= 0.3 is 0 Å². The van der Waals surface area contributed by atoms with Gasteiger partial charge in [0, 0.05) is 0 Å². The summed E-state index contributed by atoms with van der Waals surface area (Å²) in [6.07, 6.45) is 4.70. The molecule has 0 unspecified atom stereocenters. The monoisotopic (exact) mass is 648 g/mol. The molecule has 0 radical (unpaired) electrons. The predicted octanol–water partition coefficient (Wildman–Crippen LogP) is 4.19. The maximum atomic E-state index is 12.5. The minimum Gasteiger partial charge on any atom is -0.489 e. The Balaban J connectivity index is 1.97. The molecule has 0 aliphatic carbocycles. The van der Waals surface area contributed by atoms with Crippen LogP contribution in [0.1, 0.15) is 31.1 Å². The predicted molar refractivity (Wildman–Crippen MR) is 185 cm³/mol. The Labute approximate surface area is 277 Å². The number of nitrogen functional groups attached to an aromatic ring is 3. The number of hydrazine groups is 3. The van der Waals surface area contributed by atoms with Crippen molar-refractivity contribution < 1.29 is 28.6 Å². The molecule has 0 saturated heterocycles. The maximum Gasteiger partial charge on any atom is 0.268 e. The van der Waals surface area contributed by atoms with Crippen molar-refractivity contribution in [3.05, 3.63) is 127 Å². The molecule has 0 heterocycles. The highest BCUT2D eigenvalue weighted by Crippen LogP contribution is 2.38. The zero-order valence-electron chi connectivity index (χ0n) is 26.1. The third kappa shape index (κ3) is 7.95. The van der Waals surface area contributed by atoms with Crippen LogP contribution in [0.3, 0.4) is 0 Å². The highest BCUT2D eigenvalue weighted by atomic mass is 16.5. The normalized spacial score (nSPS) is 10.3. The van der Waals surface area contributed by atoms with Gasteiger partial charge < -0.3 is 14.2 Å². The third-order valence-corrected chi connectivity index (χ3v) is 7.08. The van der Waals surface area contributed by atoms with E-state index in [0.717, 1.165) is 33.4 Å². The van der Waals surface area contributed by atoms with Crippen LogP contribution in [0.4, 0.5) is 0 Å². The van der Waals surface area contributed by atoms with Gasteiger partial charge in [-0.1, -0.05) is 56.2 Å². The van der Waals surface area contributed by atoms with E-state index in [2.05, 4.69) is 36.0 Å². The summed E-state index contributed by atoms with van der Waals surface area (Å²) < 4.78 is 17.5. The van der Waals surface area contributed by atoms with Gasteiger partial charge in [0.05, 0.1) is 16.7 Å². The Hall–Kier alpha value is -6.21. The van der Waals surface area contributed by atoms with Gasteiger partial charge in [0.15, 0.2) is 0 Å². The molecule has 0 aliphatic heterocycles. The molecule has 0 atom stereocenters. The Bertz CT molecular complexity index is 1650. The van der Waals surface area contributed by atoms with Gasteiger partial charge in [0.2, 0.25) is 0 Å². The number of hydrogen-bond acceptors (Lipinski definition) is 9. The lowest BCUT2D eigenvalue weighted by atomic mass is 9.92. The van der Waals surface area contributed by atoms with Gasteiger partial charge in [-0.2, -0.15) is 0 Å². The number of carbonyl (C=O) groups is 3. The summed E-state index contributed by atoms with van der Waals surface area (Å²) in [7, 11) is 0. The summed E-state index contributed by atoms with van der Waals surface area (Å²) in [4.78, 5) is 37.4. The van der Waals surface area contributed by atoms with Crippen LogP contribution in [0.5, 0.6) is 17.2 Å². The van der Waals surface area contributed by atoms with Gasteiger partial charge in [0.1, 0.15) is 37.1 Å². The number of rotatable bonds is 15. The van der Waals surface area contributed by atoms with E-state index in [1.54, 1.807) is 72.8 Å². The first-order valence-electron chi connectivity index (χ1n) is 14.6. The Morgan fingerprint density at radius 2 is 0.750 bits per heavy atom. The molecule has 4 aromatic rings. The van der Waals surface area contributed by atoms with Crippen molar-refractivity contribution in [3.8, 4) is 50.6 Å². The molecular weight excluding hydrogens is 612 g/mol. The largest absolute Gasteiger partial charge is 0.489 e. The zero-order chi connectivity index (χ0) is 34.6. The molecule has 0 aliphatic rings. The van der Waals surface area contributed by atoms with Crippen LogP contribution >= 0.6 is 0 Å². The number of ether oxygens (including phenoxy) is 3. The summed E-state index contributed by atoms with van der Waals surface area (Å²) in [5.74, 6) is 15.6. The highest BCUT2D eigenvalue weighted by Gasteiger charge is 2.18.